The summed E-state index contributed by atoms with van der Waals surface area (Å²) in [5, 5.41) is 8.28. The Bertz CT molecular complexity index is 470. The fourth-order valence-electron chi connectivity index (χ4n) is 0.996. The molecule has 2 aromatic heterocycles. The van der Waals surface area contributed by atoms with Crippen LogP contribution in [0.15, 0.2) is 24.7 Å². The number of pyridine rings is 1. The first-order chi connectivity index (χ1) is 7.27. The highest BCUT2D eigenvalue weighted by atomic mass is 19.1. The maximum Gasteiger partial charge on any atom is 0.262 e. The molecule has 2 heterocycles. The van der Waals surface area contributed by atoms with Gasteiger partial charge in [-0.15, -0.1) is 0 Å². The van der Waals surface area contributed by atoms with Gasteiger partial charge in [0.2, 0.25) is 11.9 Å². The quantitative estimate of drug-likeness (QED) is 0.706. The van der Waals surface area contributed by atoms with Crippen LogP contribution in [0.3, 0.4) is 0 Å². The van der Waals surface area contributed by atoms with Crippen LogP contribution in [0.1, 0.15) is 10.4 Å². The number of carbonyl (C=O) groups is 1. The van der Waals surface area contributed by atoms with Crippen LogP contribution in [-0.2, 0) is 0 Å². The second-order valence-corrected chi connectivity index (χ2v) is 2.63. The Morgan fingerprint density at radius 2 is 2.33 bits per heavy atom. The second kappa shape index (κ2) is 3.82. The molecule has 0 aromatic carbocycles. The van der Waals surface area contributed by atoms with E-state index in [-0.39, 0.29) is 11.5 Å². The fourth-order valence-corrected chi connectivity index (χ4v) is 0.996. The zero-order valence-electron chi connectivity index (χ0n) is 7.44. The number of amides is 1. The van der Waals surface area contributed by atoms with Gasteiger partial charge < -0.3 is 0 Å². The minimum atomic E-state index is -0.825. The smallest absolute Gasteiger partial charge is 0.262 e. The summed E-state index contributed by atoms with van der Waals surface area (Å²) in [5.74, 6) is -1.30. The highest BCUT2D eigenvalue weighted by molar-refractivity contribution is 6.03. The van der Waals surface area contributed by atoms with Crippen molar-refractivity contribution in [1.82, 2.24) is 20.2 Å². The van der Waals surface area contributed by atoms with Crippen molar-refractivity contribution in [2.45, 2.75) is 0 Å². The van der Waals surface area contributed by atoms with Crippen molar-refractivity contribution in [2.75, 3.05) is 5.32 Å². The number of anilines is 1. The normalized spacial score (nSPS) is 9.93. The highest BCUT2D eigenvalue weighted by Gasteiger charge is 2.12. The summed E-state index contributed by atoms with van der Waals surface area (Å²) in [7, 11) is 0. The molecule has 0 fully saturated rings. The first-order valence-corrected chi connectivity index (χ1v) is 4.04. The van der Waals surface area contributed by atoms with E-state index in [1.54, 1.807) is 0 Å². The lowest BCUT2D eigenvalue weighted by molar-refractivity contribution is 0.102. The molecule has 0 bridgehead atoms. The molecule has 6 nitrogen and oxygen atoms in total. The van der Waals surface area contributed by atoms with Crippen LogP contribution in [0.4, 0.5) is 10.3 Å². The van der Waals surface area contributed by atoms with Crippen molar-refractivity contribution in [3.8, 4) is 0 Å². The molecule has 0 spiro atoms. The molecule has 0 unspecified atom stereocenters. The molecule has 2 rings (SSSR count). The van der Waals surface area contributed by atoms with Gasteiger partial charge in [0.05, 0.1) is 5.56 Å². The van der Waals surface area contributed by atoms with Gasteiger partial charge in [0, 0.05) is 6.20 Å². The van der Waals surface area contributed by atoms with Gasteiger partial charge in [-0.05, 0) is 12.1 Å². The number of hydrogen-bond acceptors (Lipinski definition) is 4. The van der Waals surface area contributed by atoms with Gasteiger partial charge in [-0.25, -0.2) is 10.1 Å². The summed E-state index contributed by atoms with van der Waals surface area (Å²) >= 11 is 0. The van der Waals surface area contributed by atoms with Gasteiger partial charge in [0.25, 0.3) is 5.91 Å². The van der Waals surface area contributed by atoms with Gasteiger partial charge in [-0.2, -0.15) is 14.5 Å². The highest BCUT2D eigenvalue weighted by Crippen LogP contribution is 2.05. The molecule has 2 aromatic rings. The predicted molar refractivity (Wildman–Crippen MR) is 48.5 cm³/mol. The van der Waals surface area contributed by atoms with Crippen LogP contribution in [0.25, 0.3) is 0 Å². The van der Waals surface area contributed by atoms with Crippen molar-refractivity contribution in [3.05, 3.63) is 36.2 Å². The maximum absolute atomic E-state index is 13.1. The summed E-state index contributed by atoms with van der Waals surface area (Å²) < 4.78 is 13.1. The third-order valence-corrected chi connectivity index (χ3v) is 1.65. The zero-order chi connectivity index (χ0) is 10.7. The number of nitrogens with one attached hydrogen (secondary N) is 2. The Labute approximate surface area is 83.6 Å². The predicted octanol–water partition coefficient (Wildman–Crippen LogP) is 0.591. The summed E-state index contributed by atoms with van der Waals surface area (Å²) in [5.41, 5.74) is -0.145. The lowest BCUT2D eigenvalue weighted by Crippen LogP contribution is -2.15. The van der Waals surface area contributed by atoms with Crippen molar-refractivity contribution in [1.29, 1.82) is 0 Å². The average Bonchev–Trinajstić information content (AvgIpc) is 2.71. The lowest BCUT2D eigenvalue weighted by Gasteiger charge is -2.00. The average molecular weight is 207 g/mol. The summed E-state index contributed by atoms with van der Waals surface area (Å²) in [6.45, 7) is 0. The van der Waals surface area contributed by atoms with Crippen LogP contribution >= 0.6 is 0 Å². The standard InChI is InChI=1S/C8H6FN5O/c9-6-5(2-1-3-10-6)7(15)13-8-11-4-12-14-8/h1-4H,(H2,11,12,13,14,15). The molecule has 0 aliphatic carbocycles. The zero-order valence-corrected chi connectivity index (χ0v) is 7.44. The number of H-pyrrole nitrogens is 1. The molecule has 0 atom stereocenters. The first-order valence-electron chi connectivity index (χ1n) is 4.04. The number of aromatic nitrogens is 4. The van der Waals surface area contributed by atoms with Gasteiger partial charge >= 0.3 is 0 Å². The number of rotatable bonds is 2. The van der Waals surface area contributed by atoms with Crippen molar-refractivity contribution in [3.63, 3.8) is 0 Å². The van der Waals surface area contributed by atoms with Gasteiger partial charge in [-0.3, -0.25) is 10.1 Å². The number of aromatic amines is 1. The van der Waals surface area contributed by atoms with Crippen molar-refractivity contribution < 1.29 is 9.18 Å². The van der Waals surface area contributed by atoms with Crippen molar-refractivity contribution >= 4 is 11.9 Å². The summed E-state index contributed by atoms with van der Waals surface area (Å²) in [6, 6.07) is 2.80. The SMILES string of the molecule is O=C(Nc1ncn[nH]1)c1cccnc1F. The minimum absolute atomic E-state index is 0.145. The first kappa shape index (κ1) is 9.25. The van der Waals surface area contributed by atoms with Gasteiger partial charge in [0.15, 0.2) is 0 Å². The van der Waals surface area contributed by atoms with Gasteiger partial charge in [0.1, 0.15) is 6.33 Å². The van der Waals surface area contributed by atoms with Crippen LogP contribution in [0.5, 0.6) is 0 Å². The van der Waals surface area contributed by atoms with Crippen LogP contribution in [0, 0.1) is 5.95 Å². The molecule has 0 saturated heterocycles. The molecule has 1 amide bonds. The van der Waals surface area contributed by atoms with Crippen molar-refractivity contribution in [2.24, 2.45) is 0 Å². The maximum atomic E-state index is 13.1. The monoisotopic (exact) mass is 207 g/mol. The Kier molecular flexibility index (Phi) is 2.36. The molecule has 0 saturated carbocycles. The van der Waals surface area contributed by atoms with E-state index in [0.717, 1.165) is 0 Å². The van der Waals surface area contributed by atoms with E-state index < -0.39 is 11.9 Å². The van der Waals surface area contributed by atoms with E-state index in [4.69, 9.17) is 0 Å². The van der Waals surface area contributed by atoms with E-state index in [0.29, 0.717) is 0 Å². The number of nitrogens with zero attached hydrogens (tertiary/aromatic N) is 3. The number of carbonyl (C=O) groups excluding carboxylic acids is 1. The molecule has 0 aliphatic heterocycles. The molecule has 0 radical (unpaired) electrons. The van der Waals surface area contributed by atoms with E-state index >= 15 is 0 Å². The second-order valence-electron chi connectivity index (χ2n) is 2.63. The molecule has 0 aliphatic rings. The van der Waals surface area contributed by atoms with Crippen LogP contribution in [0.2, 0.25) is 0 Å². The molecule has 76 valence electrons. The molecule has 2 N–H and O–H groups in total. The Morgan fingerprint density at radius 1 is 1.47 bits per heavy atom. The topological polar surface area (TPSA) is 83.6 Å². The van der Waals surface area contributed by atoms with E-state index in [2.05, 4.69) is 25.5 Å². The Balaban J connectivity index is 2.19. The van der Waals surface area contributed by atoms with E-state index in [1.165, 1.54) is 24.7 Å². The summed E-state index contributed by atoms with van der Waals surface area (Å²) in [6.07, 6.45) is 2.50. The van der Waals surface area contributed by atoms with Crippen LogP contribution in [-0.4, -0.2) is 26.1 Å². The van der Waals surface area contributed by atoms with Gasteiger partial charge in [-0.1, -0.05) is 0 Å². The molecular formula is C8H6FN5O. The summed E-state index contributed by atoms with van der Waals surface area (Å²) in [4.78, 5) is 18.5. The van der Waals surface area contributed by atoms with Crippen LogP contribution < -0.4 is 5.32 Å². The minimum Gasteiger partial charge on any atom is -0.291 e. The third-order valence-electron chi connectivity index (χ3n) is 1.65. The number of halogens is 1. The third kappa shape index (κ3) is 1.96. The largest absolute Gasteiger partial charge is 0.291 e. The molecular weight excluding hydrogens is 201 g/mol. The lowest BCUT2D eigenvalue weighted by atomic mass is 10.2. The Hall–Kier alpha value is -2.31. The Morgan fingerprint density at radius 3 is 3.00 bits per heavy atom. The molecule has 7 heteroatoms. The fraction of sp³-hybridized carbons (Fsp3) is 0. The van der Waals surface area contributed by atoms with E-state index in [9.17, 15) is 9.18 Å². The number of hydrogen-bond donors (Lipinski definition) is 2. The van der Waals surface area contributed by atoms with E-state index in [1.807, 2.05) is 0 Å². The molecule has 15 heavy (non-hydrogen) atoms.